The molecule has 2 aromatic carbocycles. The van der Waals surface area contributed by atoms with Gasteiger partial charge in [-0.1, -0.05) is 48.5 Å². The Morgan fingerprint density at radius 2 is 1.79 bits per heavy atom. The predicted octanol–water partition coefficient (Wildman–Crippen LogP) is 2.76. The quantitative estimate of drug-likeness (QED) is 0.725. The minimum Gasteiger partial charge on any atom is -0.445 e. The maximum absolute atomic E-state index is 12.7. The molecule has 3 amide bonds. The van der Waals surface area contributed by atoms with Gasteiger partial charge in [0.15, 0.2) is 0 Å². The lowest BCUT2D eigenvalue weighted by molar-refractivity contribution is -0.130. The molecular formula is C22H25N3O4. The van der Waals surface area contributed by atoms with E-state index in [4.69, 9.17) is 4.74 Å². The topological polar surface area (TPSA) is 96.5 Å². The number of alkyl carbamates (subject to hydrolysis) is 1. The molecule has 0 saturated heterocycles. The van der Waals surface area contributed by atoms with Crippen LogP contribution in [-0.4, -0.2) is 29.5 Å². The number of aryl methyl sites for hydroxylation is 1. The van der Waals surface area contributed by atoms with Gasteiger partial charge in [-0.25, -0.2) is 4.79 Å². The number of ether oxygens (including phenoxy) is 1. The van der Waals surface area contributed by atoms with Crippen molar-refractivity contribution in [2.45, 2.75) is 44.9 Å². The second-order valence-electron chi connectivity index (χ2n) is 7.52. The van der Waals surface area contributed by atoms with Gasteiger partial charge in [-0.3, -0.25) is 9.59 Å². The van der Waals surface area contributed by atoms with Gasteiger partial charge >= 0.3 is 6.09 Å². The minimum atomic E-state index is -1.24. The number of benzene rings is 2. The van der Waals surface area contributed by atoms with Crippen molar-refractivity contribution in [3.8, 4) is 0 Å². The molecule has 1 aliphatic rings. The number of anilines is 1. The second kappa shape index (κ2) is 8.77. The molecule has 0 unspecified atom stereocenters. The van der Waals surface area contributed by atoms with Gasteiger partial charge in [-0.15, -0.1) is 0 Å². The van der Waals surface area contributed by atoms with Crippen molar-refractivity contribution < 1.29 is 19.1 Å². The monoisotopic (exact) mass is 395 g/mol. The number of hydrogen-bond donors (Lipinski definition) is 3. The Morgan fingerprint density at radius 1 is 1.10 bits per heavy atom. The normalized spacial score (nSPS) is 16.1. The van der Waals surface area contributed by atoms with E-state index in [0.717, 1.165) is 16.8 Å². The van der Waals surface area contributed by atoms with Gasteiger partial charge in [-0.2, -0.15) is 0 Å². The third kappa shape index (κ3) is 5.34. The highest BCUT2D eigenvalue weighted by Gasteiger charge is 2.34. The maximum Gasteiger partial charge on any atom is 0.408 e. The number of hydrogen-bond acceptors (Lipinski definition) is 4. The van der Waals surface area contributed by atoms with Crippen molar-refractivity contribution in [1.82, 2.24) is 10.6 Å². The first-order chi connectivity index (χ1) is 13.8. The largest absolute Gasteiger partial charge is 0.445 e. The summed E-state index contributed by atoms with van der Waals surface area (Å²) < 4.78 is 5.18. The van der Waals surface area contributed by atoms with Gasteiger partial charge in [0.2, 0.25) is 11.8 Å². The molecule has 0 fully saturated rings. The van der Waals surface area contributed by atoms with E-state index in [9.17, 15) is 14.4 Å². The molecule has 0 spiro atoms. The molecule has 0 aromatic heterocycles. The van der Waals surface area contributed by atoms with E-state index >= 15 is 0 Å². The first-order valence-corrected chi connectivity index (χ1v) is 9.54. The lowest BCUT2D eigenvalue weighted by Crippen LogP contribution is -2.58. The van der Waals surface area contributed by atoms with E-state index in [1.165, 1.54) is 0 Å². The summed E-state index contributed by atoms with van der Waals surface area (Å²) in [7, 11) is 0. The van der Waals surface area contributed by atoms with Gasteiger partial charge in [-0.05, 0) is 43.9 Å². The highest BCUT2D eigenvalue weighted by Crippen LogP contribution is 2.21. The second-order valence-corrected chi connectivity index (χ2v) is 7.52. The van der Waals surface area contributed by atoms with Crippen molar-refractivity contribution in [2.75, 3.05) is 5.32 Å². The fourth-order valence-electron chi connectivity index (χ4n) is 3.06. The van der Waals surface area contributed by atoms with Crippen LogP contribution in [0.5, 0.6) is 0 Å². The predicted molar refractivity (Wildman–Crippen MR) is 109 cm³/mol. The van der Waals surface area contributed by atoms with E-state index in [1.54, 1.807) is 13.8 Å². The number of amides is 3. The number of carbonyl (C=O) groups is 3. The molecule has 1 aliphatic heterocycles. The third-order valence-electron chi connectivity index (χ3n) is 4.79. The van der Waals surface area contributed by atoms with E-state index in [2.05, 4.69) is 16.0 Å². The summed E-state index contributed by atoms with van der Waals surface area (Å²) >= 11 is 0. The Morgan fingerprint density at radius 3 is 2.55 bits per heavy atom. The van der Waals surface area contributed by atoms with Crippen LogP contribution in [-0.2, 0) is 27.4 Å². The zero-order valence-corrected chi connectivity index (χ0v) is 16.5. The van der Waals surface area contributed by atoms with Gasteiger partial charge in [0, 0.05) is 5.69 Å². The Balaban J connectivity index is 1.54. The summed E-state index contributed by atoms with van der Waals surface area (Å²) in [5.41, 5.74) is 1.39. The molecule has 0 radical (unpaired) electrons. The fraction of sp³-hybridized carbons (Fsp3) is 0.318. The molecule has 7 heteroatoms. The highest BCUT2D eigenvalue weighted by atomic mass is 16.5. The van der Waals surface area contributed by atoms with E-state index in [0.29, 0.717) is 12.8 Å². The Labute approximate surface area is 169 Å². The van der Waals surface area contributed by atoms with E-state index in [1.807, 2.05) is 54.6 Å². The van der Waals surface area contributed by atoms with Crippen molar-refractivity contribution in [3.05, 3.63) is 65.7 Å². The van der Waals surface area contributed by atoms with Gasteiger partial charge < -0.3 is 20.7 Å². The van der Waals surface area contributed by atoms with Crippen LogP contribution in [0.1, 0.15) is 31.4 Å². The minimum absolute atomic E-state index is 0.105. The van der Waals surface area contributed by atoms with Gasteiger partial charge in [0.05, 0.1) is 0 Å². The summed E-state index contributed by atoms with van der Waals surface area (Å²) in [6, 6.07) is 16.1. The zero-order chi connectivity index (χ0) is 20.9. The first kappa shape index (κ1) is 20.4. The van der Waals surface area contributed by atoms with Gasteiger partial charge in [0.1, 0.15) is 18.2 Å². The lowest BCUT2D eigenvalue weighted by atomic mass is 10.0. The molecule has 2 aromatic rings. The summed E-state index contributed by atoms with van der Waals surface area (Å²) in [5, 5.41) is 8.14. The third-order valence-corrected chi connectivity index (χ3v) is 4.79. The highest BCUT2D eigenvalue weighted by molar-refractivity contribution is 6.00. The molecular weight excluding hydrogens is 370 g/mol. The number of fused-ring (bicyclic) bond motifs is 1. The average Bonchev–Trinajstić information content (AvgIpc) is 2.85. The summed E-state index contributed by atoms with van der Waals surface area (Å²) in [4.78, 5) is 37.3. The molecule has 1 atom stereocenters. The van der Waals surface area contributed by atoms with Gasteiger partial charge in [0.25, 0.3) is 0 Å². The van der Waals surface area contributed by atoms with Crippen LogP contribution in [0.4, 0.5) is 10.5 Å². The van der Waals surface area contributed by atoms with Crippen molar-refractivity contribution in [1.29, 1.82) is 0 Å². The lowest BCUT2D eigenvalue weighted by Gasteiger charge is -2.27. The van der Waals surface area contributed by atoms with Crippen LogP contribution >= 0.6 is 0 Å². The molecule has 3 N–H and O–H groups in total. The van der Waals surface area contributed by atoms with Crippen LogP contribution in [0.25, 0.3) is 0 Å². The summed E-state index contributed by atoms with van der Waals surface area (Å²) in [6.07, 6.45) is 0.433. The molecule has 29 heavy (non-hydrogen) atoms. The van der Waals surface area contributed by atoms with Crippen LogP contribution < -0.4 is 16.0 Å². The molecule has 152 valence electrons. The van der Waals surface area contributed by atoms with Crippen molar-refractivity contribution >= 4 is 23.6 Å². The Hall–Kier alpha value is -3.35. The van der Waals surface area contributed by atoms with Crippen molar-refractivity contribution in [3.63, 3.8) is 0 Å². The Kier molecular flexibility index (Phi) is 6.16. The van der Waals surface area contributed by atoms with Crippen LogP contribution in [0, 0.1) is 0 Å². The fourth-order valence-corrected chi connectivity index (χ4v) is 3.06. The van der Waals surface area contributed by atoms with Crippen LogP contribution in [0.3, 0.4) is 0 Å². The smallest absolute Gasteiger partial charge is 0.408 e. The average molecular weight is 395 g/mol. The number of carbonyl (C=O) groups excluding carboxylic acids is 3. The molecule has 0 saturated carbocycles. The summed E-state index contributed by atoms with van der Waals surface area (Å²) in [6.45, 7) is 3.23. The van der Waals surface area contributed by atoms with Crippen LogP contribution in [0.2, 0.25) is 0 Å². The molecule has 3 rings (SSSR count). The SMILES string of the molecule is CC(C)(NC(=O)OCc1ccccc1)C(=O)N[C@@H]1CCc2ccccc2NC1=O. The maximum atomic E-state index is 12.7. The summed E-state index contributed by atoms with van der Waals surface area (Å²) in [5.74, 6) is -0.731. The molecule has 0 aliphatic carbocycles. The van der Waals surface area contributed by atoms with E-state index in [-0.39, 0.29) is 12.5 Å². The Bertz CT molecular complexity index is 896. The molecule has 7 nitrogen and oxygen atoms in total. The van der Waals surface area contributed by atoms with Crippen LogP contribution in [0.15, 0.2) is 54.6 Å². The standard InChI is InChI=1S/C22H25N3O4/c1-22(2,25-21(28)29-14-15-8-4-3-5-9-15)20(27)24-18-13-12-16-10-6-7-11-17(16)23-19(18)26/h3-11,18H,12-14H2,1-2H3,(H,23,26)(H,24,27)(H,25,28)/t18-/m1/s1. The van der Waals surface area contributed by atoms with Crippen molar-refractivity contribution in [2.24, 2.45) is 0 Å². The number of nitrogens with one attached hydrogen (secondary N) is 3. The molecule has 1 heterocycles. The first-order valence-electron chi connectivity index (χ1n) is 9.54. The number of rotatable bonds is 5. The zero-order valence-electron chi connectivity index (χ0n) is 16.5. The number of para-hydroxylation sites is 1. The molecule has 0 bridgehead atoms. The van der Waals surface area contributed by atoms with E-state index < -0.39 is 23.6 Å².